The van der Waals surface area contributed by atoms with Gasteiger partial charge in [0.05, 0.1) is 0 Å². The zero-order chi connectivity index (χ0) is 11.2. The van der Waals surface area contributed by atoms with Gasteiger partial charge in [0.2, 0.25) is 0 Å². The Balaban J connectivity index is 1.51. The highest BCUT2D eigenvalue weighted by atomic mass is 79.9. The van der Waals surface area contributed by atoms with Crippen molar-refractivity contribution in [2.75, 3.05) is 19.7 Å². The van der Waals surface area contributed by atoms with Crippen molar-refractivity contribution in [1.82, 2.24) is 5.32 Å². The number of hydrogen-bond acceptors (Lipinski definition) is 2. The molecule has 1 saturated carbocycles. The third kappa shape index (κ3) is 4.54. The van der Waals surface area contributed by atoms with Gasteiger partial charge in [-0.05, 0) is 43.1 Å². The summed E-state index contributed by atoms with van der Waals surface area (Å²) in [5, 5.41) is 3.40. The maximum atomic E-state index is 5.60. The molecular formula is C13H18BrNO. The highest BCUT2D eigenvalue weighted by Gasteiger charge is 2.19. The van der Waals surface area contributed by atoms with Gasteiger partial charge in [0.15, 0.2) is 0 Å². The van der Waals surface area contributed by atoms with Crippen LogP contribution in [0.4, 0.5) is 0 Å². The van der Waals surface area contributed by atoms with Crippen molar-refractivity contribution in [1.29, 1.82) is 0 Å². The van der Waals surface area contributed by atoms with Crippen LogP contribution in [0.15, 0.2) is 28.7 Å². The van der Waals surface area contributed by atoms with Crippen LogP contribution in [0.3, 0.4) is 0 Å². The van der Waals surface area contributed by atoms with Crippen molar-refractivity contribution < 1.29 is 4.74 Å². The van der Waals surface area contributed by atoms with Crippen molar-refractivity contribution >= 4 is 15.9 Å². The first kappa shape index (κ1) is 11.9. The molecule has 0 aromatic heterocycles. The second kappa shape index (κ2) is 6.26. The van der Waals surface area contributed by atoms with E-state index in [4.69, 9.17) is 4.74 Å². The monoisotopic (exact) mass is 283 g/mol. The van der Waals surface area contributed by atoms with Crippen molar-refractivity contribution in [2.24, 2.45) is 5.92 Å². The van der Waals surface area contributed by atoms with E-state index in [1.54, 1.807) is 0 Å². The Morgan fingerprint density at radius 1 is 1.19 bits per heavy atom. The Morgan fingerprint density at radius 3 is 2.62 bits per heavy atom. The Labute approximate surface area is 106 Å². The SMILES string of the molecule is Brc1ccc(OCCNCCC2CC2)cc1. The van der Waals surface area contributed by atoms with Crippen molar-refractivity contribution in [3.63, 3.8) is 0 Å². The lowest BCUT2D eigenvalue weighted by Gasteiger charge is -2.07. The number of benzene rings is 1. The van der Waals surface area contributed by atoms with E-state index in [0.29, 0.717) is 0 Å². The molecular weight excluding hydrogens is 266 g/mol. The lowest BCUT2D eigenvalue weighted by Crippen LogP contribution is -2.22. The molecule has 1 aliphatic rings. The highest BCUT2D eigenvalue weighted by molar-refractivity contribution is 9.10. The molecule has 0 radical (unpaired) electrons. The summed E-state index contributed by atoms with van der Waals surface area (Å²) in [6.45, 7) is 2.81. The minimum absolute atomic E-state index is 0.742. The number of hydrogen-bond donors (Lipinski definition) is 1. The predicted octanol–water partition coefficient (Wildman–Crippen LogP) is 3.22. The van der Waals surface area contributed by atoms with E-state index in [2.05, 4.69) is 21.2 Å². The molecule has 0 heterocycles. The molecule has 1 aliphatic carbocycles. The topological polar surface area (TPSA) is 21.3 Å². The molecule has 1 N–H and O–H groups in total. The van der Waals surface area contributed by atoms with E-state index >= 15 is 0 Å². The molecule has 3 heteroatoms. The summed E-state index contributed by atoms with van der Waals surface area (Å²) >= 11 is 3.40. The highest BCUT2D eigenvalue weighted by Crippen LogP contribution is 2.31. The molecule has 88 valence electrons. The van der Waals surface area contributed by atoms with Gasteiger partial charge in [-0.15, -0.1) is 0 Å². The van der Waals surface area contributed by atoms with E-state index in [1.165, 1.54) is 19.3 Å². The Morgan fingerprint density at radius 2 is 1.94 bits per heavy atom. The first-order valence-corrected chi connectivity index (χ1v) is 6.73. The fraction of sp³-hybridized carbons (Fsp3) is 0.538. The molecule has 1 aromatic carbocycles. The summed E-state index contributed by atoms with van der Waals surface area (Å²) in [5.41, 5.74) is 0. The standard InChI is InChI=1S/C13H18BrNO/c14-12-3-5-13(6-4-12)16-10-9-15-8-7-11-1-2-11/h3-6,11,15H,1-2,7-10H2. The Kier molecular flexibility index (Phi) is 4.67. The van der Waals surface area contributed by atoms with Crippen LogP contribution < -0.4 is 10.1 Å². The normalized spacial score (nSPS) is 15.1. The molecule has 1 aromatic rings. The maximum absolute atomic E-state index is 5.60. The van der Waals surface area contributed by atoms with Crippen LogP contribution in [-0.2, 0) is 0 Å². The molecule has 0 spiro atoms. The molecule has 2 nitrogen and oxygen atoms in total. The van der Waals surface area contributed by atoms with Crippen molar-refractivity contribution in [3.8, 4) is 5.75 Å². The van der Waals surface area contributed by atoms with Gasteiger partial charge in [0, 0.05) is 11.0 Å². The van der Waals surface area contributed by atoms with Gasteiger partial charge >= 0.3 is 0 Å². The summed E-state index contributed by atoms with van der Waals surface area (Å²) in [6.07, 6.45) is 4.21. The van der Waals surface area contributed by atoms with Crippen LogP contribution >= 0.6 is 15.9 Å². The largest absolute Gasteiger partial charge is 0.492 e. The van der Waals surface area contributed by atoms with E-state index in [1.807, 2.05) is 24.3 Å². The average molecular weight is 284 g/mol. The number of ether oxygens (including phenoxy) is 1. The van der Waals surface area contributed by atoms with Gasteiger partial charge in [0.25, 0.3) is 0 Å². The molecule has 0 aliphatic heterocycles. The lowest BCUT2D eigenvalue weighted by molar-refractivity contribution is 0.313. The Bertz CT molecular complexity index is 308. The van der Waals surface area contributed by atoms with Crippen molar-refractivity contribution in [3.05, 3.63) is 28.7 Å². The number of nitrogens with one attached hydrogen (secondary N) is 1. The molecule has 0 unspecified atom stereocenters. The number of halogens is 1. The average Bonchev–Trinajstić information content (AvgIpc) is 3.10. The summed E-state index contributed by atoms with van der Waals surface area (Å²) < 4.78 is 6.69. The van der Waals surface area contributed by atoms with Crippen LogP contribution in [0.1, 0.15) is 19.3 Å². The quantitative estimate of drug-likeness (QED) is 0.776. The van der Waals surface area contributed by atoms with E-state index in [9.17, 15) is 0 Å². The smallest absolute Gasteiger partial charge is 0.119 e. The fourth-order valence-corrected chi connectivity index (χ4v) is 1.87. The Hall–Kier alpha value is -0.540. The van der Waals surface area contributed by atoms with E-state index in [-0.39, 0.29) is 0 Å². The number of rotatable bonds is 7. The molecule has 0 bridgehead atoms. The van der Waals surface area contributed by atoms with Gasteiger partial charge in [-0.3, -0.25) is 0 Å². The van der Waals surface area contributed by atoms with Gasteiger partial charge in [0.1, 0.15) is 12.4 Å². The summed E-state index contributed by atoms with van der Waals surface area (Å²) in [5.74, 6) is 1.95. The maximum Gasteiger partial charge on any atom is 0.119 e. The molecule has 16 heavy (non-hydrogen) atoms. The second-order valence-corrected chi connectivity index (χ2v) is 5.20. The summed E-state index contributed by atoms with van der Waals surface area (Å²) in [6, 6.07) is 7.95. The molecule has 0 amide bonds. The van der Waals surface area contributed by atoms with E-state index < -0.39 is 0 Å². The minimum atomic E-state index is 0.742. The van der Waals surface area contributed by atoms with Crippen molar-refractivity contribution in [2.45, 2.75) is 19.3 Å². The van der Waals surface area contributed by atoms with E-state index in [0.717, 1.165) is 35.8 Å². The lowest BCUT2D eigenvalue weighted by atomic mass is 10.3. The molecule has 0 atom stereocenters. The predicted molar refractivity (Wildman–Crippen MR) is 69.8 cm³/mol. The first-order chi connectivity index (χ1) is 7.84. The van der Waals surface area contributed by atoms with Crippen LogP contribution in [0, 0.1) is 5.92 Å². The second-order valence-electron chi connectivity index (χ2n) is 4.28. The summed E-state index contributed by atoms with van der Waals surface area (Å²) in [4.78, 5) is 0. The van der Waals surface area contributed by atoms with Gasteiger partial charge in [-0.1, -0.05) is 28.8 Å². The fourth-order valence-electron chi connectivity index (χ4n) is 1.61. The van der Waals surface area contributed by atoms with Crippen LogP contribution in [0.2, 0.25) is 0 Å². The third-order valence-electron chi connectivity index (χ3n) is 2.79. The first-order valence-electron chi connectivity index (χ1n) is 5.94. The zero-order valence-electron chi connectivity index (χ0n) is 9.42. The van der Waals surface area contributed by atoms with Crippen LogP contribution in [0.5, 0.6) is 5.75 Å². The van der Waals surface area contributed by atoms with Crippen LogP contribution in [0.25, 0.3) is 0 Å². The van der Waals surface area contributed by atoms with Gasteiger partial charge in [-0.25, -0.2) is 0 Å². The third-order valence-corrected chi connectivity index (χ3v) is 3.32. The summed E-state index contributed by atoms with van der Waals surface area (Å²) in [7, 11) is 0. The van der Waals surface area contributed by atoms with Gasteiger partial charge in [-0.2, -0.15) is 0 Å². The minimum Gasteiger partial charge on any atom is -0.492 e. The molecule has 0 saturated heterocycles. The van der Waals surface area contributed by atoms with Gasteiger partial charge < -0.3 is 10.1 Å². The zero-order valence-corrected chi connectivity index (χ0v) is 11.0. The molecule has 2 rings (SSSR count). The molecule has 1 fully saturated rings. The van der Waals surface area contributed by atoms with Crippen LogP contribution in [-0.4, -0.2) is 19.7 Å².